The maximum absolute atomic E-state index is 13.8. The molecule has 0 bridgehead atoms. The quantitative estimate of drug-likeness (QED) is 0.821. The first-order valence-electron chi connectivity index (χ1n) is 9.22. The van der Waals surface area contributed by atoms with Crippen LogP contribution in [0.1, 0.15) is 50.8 Å². The molecule has 26 heavy (non-hydrogen) atoms. The third kappa shape index (κ3) is 3.30. The van der Waals surface area contributed by atoms with E-state index < -0.39 is 0 Å². The van der Waals surface area contributed by atoms with Gasteiger partial charge >= 0.3 is 0 Å². The van der Waals surface area contributed by atoms with Gasteiger partial charge < -0.3 is 14.2 Å². The van der Waals surface area contributed by atoms with Gasteiger partial charge in [-0.1, -0.05) is 13.8 Å². The molecule has 1 aromatic heterocycles. The van der Waals surface area contributed by atoms with E-state index >= 15 is 0 Å². The van der Waals surface area contributed by atoms with Crippen molar-refractivity contribution in [2.75, 3.05) is 22.9 Å². The Bertz CT molecular complexity index is 816. The third-order valence-corrected chi connectivity index (χ3v) is 4.92. The van der Waals surface area contributed by atoms with Crippen LogP contribution in [0.3, 0.4) is 0 Å². The molecule has 1 aliphatic heterocycles. The summed E-state index contributed by atoms with van der Waals surface area (Å²) in [5.41, 5.74) is 1.62. The monoisotopic (exact) mass is 358 g/mol. The second-order valence-corrected chi connectivity index (χ2v) is 7.29. The second kappa shape index (κ2) is 6.70. The maximum Gasteiger partial charge on any atom is 0.227 e. The molecule has 6 nitrogen and oxygen atoms in total. The Hall–Kier alpha value is -2.44. The summed E-state index contributed by atoms with van der Waals surface area (Å²) in [7, 11) is 0. The van der Waals surface area contributed by atoms with E-state index in [0.29, 0.717) is 36.5 Å². The number of amides is 1. The summed E-state index contributed by atoms with van der Waals surface area (Å²) in [6.45, 7) is 5.32. The number of benzene rings is 1. The lowest BCUT2D eigenvalue weighted by molar-refractivity contribution is -0.118. The molecule has 2 heterocycles. The molecule has 7 heteroatoms. The zero-order valence-corrected chi connectivity index (χ0v) is 15.1. The second-order valence-electron chi connectivity index (χ2n) is 7.29. The Kier molecular flexibility index (Phi) is 4.38. The van der Waals surface area contributed by atoms with Gasteiger partial charge in [-0.05, 0) is 31.0 Å². The molecule has 1 aliphatic carbocycles. The number of hydrogen-bond donors (Lipinski definition) is 0. The highest BCUT2D eigenvalue weighted by Gasteiger charge is 2.35. The van der Waals surface area contributed by atoms with Crippen LogP contribution in [0.25, 0.3) is 0 Å². The van der Waals surface area contributed by atoms with E-state index in [1.807, 2.05) is 13.8 Å². The van der Waals surface area contributed by atoms with E-state index in [-0.39, 0.29) is 24.1 Å². The average molecular weight is 358 g/mol. The van der Waals surface area contributed by atoms with E-state index in [1.54, 1.807) is 11.0 Å². The smallest absolute Gasteiger partial charge is 0.227 e. The number of aromatic nitrogens is 2. The number of carbonyl (C=O) groups excluding carboxylic acids is 1. The average Bonchev–Trinajstić information content (AvgIpc) is 3.35. The van der Waals surface area contributed by atoms with Crippen molar-refractivity contribution >= 4 is 17.3 Å². The number of nitrogens with zero attached hydrogens (tertiary/aromatic N) is 4. The fraction of sp³-hybridized carbons (Fsp3) is 0.526. The summed E-state index contributed by atoms with van der Waals surface area (Å²) < 4.78 is 19.4. The zero-order chi connectivity index (χ0) is 18.3. The lowest BCUT2D eigenvalue weighted by Gasteiger charge is -2.38. The van der Waals surface area contributed by atoms with Crippen LogP contribution in [0.2, 0.25) is 0 Å². The normalized spacial score (nSPS) is 16.9. The van der Waals surface area contributed by atoms with Gasteiger partial charge in [0.1, 0.15) is 5.82 Å². The summed E-state index contributed by atoms with van der Waals surface area (Å²) in [5, 5.41) is 7.99. The minimum Gasteiger partial charge on any atom is -0.425 e. The van der Waals surface area contributed by atoms with Crippen molar-refractivity contribution in [3.63, 3.8) is 0 Å². The van der Waals surface area contributed by atoms with Crippen LogP contribution in [0.5, 0.6) is 0 Å². The molecular weight excluding hydrogens is 335 g/mol. The molecule has 0 saturated heterocycles. The van der Waals surface area contributed by atoms with Crippen LogP contribution in [0.4, 0.5) is 15.8 Å². The number of carbonyl (C=O) groups is 1. The van der Waals surface area contributed by atoms with Gasteiger partial charge in [0.15, 0.2) is 0 Å². The van der Waals surface area contributed by atoms with Crippen molar-refractivity contribution in [1.29, 1.82) is 0 Å². The molecule has 0 N–H and O–H groups in total. The standard InChI is InChI=1S/C19H23FN4O2/c1-12(2)19-22-21-17(26-19)7-8-18(25)24-10-9-23(14-4-5-14)15-6-3-13(20)11-16(15)24/h3,6,11-12,14H,4-5,7-10H2,1-2H3. The Morgan fingerprint density at radius 1 is 1.27 bits per heavy atom. The summed E-state index contributed by atoms with van der Waals surface area (Å²) in [6.07, 6.45) is 2.99. The lowest BCUT2D eigenvalue weighted by atomic mass is 10.1. The van der Waals surface area contributed by atoms with Crippen molar-refractivity contribution in [3.8, 4) is 0 Å². The van der Waals surface area contributed by atoms with E-state index in [0.717, 1.165) is 12.2 Å². The Morgan fingerprint density at radius 2 is 2.08 bits per heavy atom. The van der Waals surface area contributed by atoms with Crippen molar-refractivity contribution in [2.45, 2.75) is 51.5 Å². The van der Waals surface area contributed by atoms with Gasteiger partial charge in [-0.3, -0.25) is 4.79 Å². The zero-order valence-electron chi connectivity index (χ0n) is 15.1. The molecule has 0 unspecified atom stereocenters. The van der Waals surface area contributed by atoms with Crippen LogP contribution in [0.15, 0.2) is 22.6 Å². The highest BCUT2D eigenvalue weighted by atomic mass is 19.1. The predicted molar refractivity (Wildman–Crippen MR) is 95.8 cm³/mol. The summed E-state index contributed by atoms with van der Waals surface area (Å²) in [5.74, 6) is 0.850. The molecule has 1 saturated carbocycles. The molecule has 2 aromatic rings. The van der Waals surface area contributed by atoms with E-state index in [4.69, 9.17) is 4.42 Å². The fourth-order valence-electron chi connectivity index (χ4n) is 3.38. The number of aryl methyl sites for hydroxylation is 1. The molecule has 0 atom stereocenters. The largest absolute Gasteiger partial charge is 0.425 e. The maximum atomic E-state index is 13.8. The number of hydrogen-bond acceptors (Lipinski definition) is 5. The highest BCUT2D eigenvalue weighted by Crippen LogP contribution is 2.40. The molecule has 1 amide bonds. The predicted octanol–water partition coefficient (Wildman–Crippen LogP) is 3.28. The van der Waals surface area contributed by atoms with Crippen LogP contribution in [0, 0.1) is 5.82 Å². The van der Waals surface area contributed by atoms with Crippen molar-refractivity contribution < 1.29 is 13.6 Å². The minimum atomic E-state index is -0.322. The van der Waals surface area contributed by atoms with E-state index in [2.05, 4.69) is 15.1 Å². The van der Waals surface area contributed by atoms with E-state index in [1.165, 1.54) is 25.0 Å². The molecule has 4 rings (SSSR count). The first-order valence-corrected chi connectivity index (χ1v) is 9.22. The van der Waals surface area contributed by atoms with E-state index in [9.17, 15) is 9.18 Å². The van der Waals surface area contributed by atoms with Gasteiger partial charge in [0.2, 0.25) is 17.7 Å². The lowest BCUT2D eigenvalue weighted by Crippen LogP contribution is -2.45. The first kappa shape index (κ1) is 17.0. The van der Waals surface area contributed by atoms with Gasteiger partial charge in [0.05, 0.1) is 11.4 Å². The Morgan fingerprint density at radius 3 is 2.77 bits per heavy atom. The fourth-order valence-corrected chi connectivity index (χ4v) is 3.38. The van der Waals surface area contributed by atoms with Gasteiger partial charge in [0.25, 0.3) is 0 Å². The van der Waals surface area contributed by atoms with Crippen LogP contribution < -0.4 is 9.80 Å². The molecule has 2 aliphatic rings. The third-order valence-electron chi connectivity index (χ3n) is 4.92. The molecule has 0 radical (unpaired) electrons. The van der Waals surface area contributed by atoms with Crippen molar-refractivity contribution in [2.24, 2.45) is 0 Å². The Balaban J connectivity index is 1.48. The minimum absolute atomic E-state index is 0.0448. The first-order chi connectivity index (χ1) is 12.5. The number of anilines is 2. The molecule has 138 valence electrons. The topological polar surface area (TPSA) is 62.5 Å². The van der Waals surface area contributed by atoms with Gasteiger partial charge in [0, 0.05) is 37.9 Å². The number of rotatable bonds is 5. The van der Waals surface area contributed by atoms with Crippen LogP contribution in [-0.4, -0.2) is 35.2 Å². The van der Waals surface area contributed by atoms with Crippen molar-refractivity contribution in [3.05, 3.63) is 35.8 Å². The Labute approximate surface area is 152 Å². The molecule has 1 aromatic carbocycles. The number of halogens is 1. The number of fused-ring (bicyclic) bond motifs is 1. The van der Waals surface area contributed by atoms with Crippen molar-refractivity contribution in [1.82, 2.24) is 10.2 Å². The van der Waals surface area contributed by atoms with Gasteiger partial charge in [-0.25, -0.2) is 4.39 Å². The highest BCUT2D eigenvalue weighted by molar-refractivity contribution is 5.98. The SMILES string of the molecule is CC(C)c1nnc(CCC(=O)N2CCN(C3CC3)c3ccc(F)cc32)o1. The van der Waals surface area contributed by atoms with Crippen LogP contribution >= 0.6 is 0 Å². The van der Waals surface area contributed by atoms with Gasteiger partial charge in [-0.2, -0.15) is 0 Å². The molecule has 0 spiro atoms. The summed E-state index contributed by atoms with van der Waals surface area (Å²) in [6, 6.07) is 5.25. The molecular formula is C19H23FN4O2. The van der Waals surface area contributed by atoms with Gasteiger partial charge in [-0.15, -0.1) is 10.2 Å². The summed E-state index contributed by atoms with van der Waals surface area (Å²) in [4.78, 5) is 16.8. The molecule has 1 fully saturated rings. The summed E-state index contributed by atoms with van der Waals surface area (Å²) >= 11 is 0. The van der Waals surface area contributed by atoms with Crippen LogP contribution in [-0.2, 0) is 11.2 Å².